The number of benzene rings is 7. The molecule has 7 aromatic rings. The van der Waals surface area contributed by atoms with Gasteiger partial charge in [-0.1, -0.05) is 54.6 Å². The van der Waals surface area contributed by atoms with Crippen LogP contribution in [0.4, 0.5) is 105 Å². The second-order valence-electron chi connectivity index (χ2n) is 13.8. The highest BCUT2D eigenvalue weighted by atomic mass is 19.2. The lowest BCUT2D eigenvalue weighted by Gasteiger charge is -2.44. The van der Waals surface area contributed by atoms with Crippen molar-refractivity contribution in [3.05, 3.63) is 207 Å². The maximum Gasteiger partial charge on any atom is 0.200 e. The monoisotopic (exact) mass is 939 g/mol. The summed E-state index contributed by atoms with van der Waals surface area (Å²) in [6, 6.07) is 31.8. The summed E-state index contributed by atoms with van der Waals surface area (Å²) >= 11 is 0. The van der Waals surface area contributed by atoms with Crippen LogP contribution in [0.25, 0.3) is 0 Å². The average Bonchev–Trinajstić information content (AvgIpc) is 3.32. The Labute approximate surface area is 351 Å². The molecule has 338 valence electrons. The predicted molar refractivity (Wildman–Crippen MR) is 196 cm³/mol. The minimum Gasteiger partial charge on any atom is -0.229 e. The number of rotatable bonds is 7. The standard InChI is InChI=1S/C24BF20.C19H18N/c26-5-1(6(27)14(35)21(42)13(5)34)25(2-7(28)15(36)22(43)16(37)8(2)29,3-9(30)17(38)23(44)18(39)10(3)31)4-11(32)19(40)24(45)20(41)12(4)33;1-20(17-11-5-2-6-12-17,18-13-7-3-8-14-18)19-15-9-4-10-16-19/h;2-16H,1H3/q-1;+1. The molecule has 0 aliphatic carbocycles. The van der Waals surface area contributed by atoms with E-state index in [1.807, 2.05) is 0 Å². The molecule has 1 nitrogen and oxygen atoms in total. The van der Waals surface area contributed by atoms with Crippen molar-refractivity contribution in [2.45, 2.75) is 0 Å². The number of para-hydroxylation sites is 3. The molecular formula is C43H18BF20N. The Hall–Kier alpha value is -6.84. The molecule has 65 heavy (non-hydrogen) atoms. The highest BCUT2D eigenvalue weighted by molar-refractivity contribution is 7.20. The van der Waals surface area contributed by atoms with E-state index in [1.54, 1.807) is 0 Å². The largest absolute Gasteiger partial charge is 0.229 e. The first-order chi connectivity index (χ1) is 30.5. The van der Waals surface area contributed by atoms with E-state index in [1.165, 1.54) is 17.1 Å². The fourth-order valence-corrected chi connectivity index (χ4v) is 7.50. The van der Waals surface area contributed by atoms with Gasteiger partial charge in [0, 0.05) is 0 Å². The summed E-state index contributed by atoms with van der Waals surface area (Å²) in [4.78, 5) is 0. The number of halogens is 20. The first-order valence-corrected chi connectivity index (χ1v) is 17.8. The van der Waals surface area contributed by atoms with Crippen LogP contribution < -0.4 is 26.3 Å². The molecule has 0 bridgehead atoms. The van der Waals surface area contributed by atoms with Crippen molar-refractivity contribution in [2.24, 2.45) is 0 Å². The minimum atomic E-state index is -7.22. The Morgan fingerprint density at radius 1 is 0.231 bits per heavy atom. The molecule has 0 radical (unpaired) electrons. The number of nitrogens with zero attached hydrogens (tertiary/aromatic N) is 1. The average molecular weight is 939 g/mol. The molecule has 7 aromatic carbocycles. The zero-order valence-electron chi connectivity index (χ0n) is 31.7. The van der Waals surface area contributed by atoms with Gasteiger partial charge in [-0.2, -0.15) is 0 Å². The van der Waals surface area contributed by atoms with Crippen LogP contribution >= 0.6 is 0 Å². The zero-order valence-corrected chi connectivity index (χ0v) is 31.7. The topological polar surface area (TPSA) is 0 Å². The Morgan fingerprint density at radius 2 is 0.369 bits per heavy atom. The third-order valence-corrected chi connectivity index (χ3v) is 10.5. The van der Waals surface area contributed by atoms with Crippen molar-refractivity contribution < 1.29 is 87.8 Å². The molecule has 0 spiro atoms. The Kier molecular flexibility index (Phi) is 12.9. The first-order valence-electron chi connectivity index (χ1n) is 17.8. The number of quaternary nitrogens is 1. The molecule has 0 unspecified atom stereocenters. The van der Waals surface area contributed by atoms with Crippen LogP contribution in [-0.2, 0) is 0 Å². The van der Waals surface area contributed by atoms with Gasteiger partial charge < -0.3 is 0 Å². The van der Waals surface area contributed by atoms with Gasteiger partial charge in [0.1, 0.15) is 69.7 Å². The molecule has 0 heterocycles. The molecule has 0 saturated heterocycles. The van der Waals surface area contributed by atoms with Gasteiger partial charge in [-0.05, 0) is 36.4 Å². The molecule has 7 rings (SSSR count). The molecule has 0 aliphatic rings. The maximum atomic E-state index is 15.4. The van der Waals surface area contributed by atoms with Crippen molar-refractivity contribution in [3.63, 3.8) is 0 Å². The third kappa shape index (κ3) is 7.23. The molecule has 0 N–H and O–H groups in total. The molecule has 0 amide bonds. The van der Waals surface area contributed by atoms with Crippen LogP contribution in [0.5, 0.6) is 0 Å². The van der Waals surface area contributed by atoms with Crippen molar-refractivity contribution in [3.8, 4) is 0 Å². The lowest BCUT2D eigenvalue weighted by atomic mass is 9.12. The van der Waals surface area contributed by atoms with Gasteiger partial charge in [-0.25, -0.2) is 92.3 Å². The van der Waals surface area contributed by atoms with E-state index in [0.29, 0.717) is 4.48 Å². The summed E-state index contributed by atoms with van der Waals surface area (Å²) in [6.07, 6.45) is -7.22. The van der Waals surface area contributed by atoms with E-state index in [4.69, 9.17) is 0 Å². The summed E-state index contributed by atoms with van der Waals surface area (Å²) in [5.74, 6) is -71.4. The van der Waals surface area contributed by atoms with Crippen molar-refractivity contribution in [2.75, 3.05) is 7.05 Å². The first kappa shape index (κ1) is 47.6. The predicted octanol–water partition coefficient (Wildman–Crippen LogP) is 11.1. The Morgan fingerprint density at radius 3 is 0.523 bits per heavy atom. The smallest absolute Gasteiger partial charge is 0.200 e. The summed E-state index contributed by atoms with van der Waals surface area (Å²) < 4.78 is 295. The summed E-state index contributed by atoms with van der Waals surface area (Å²) in [7, 11) is 2.24. The van der Waals surface area contributed by atoms with Gasteiger partial charge in [0.05, 0.1) is 7.05 Å². The number of hydrogen-bond donors (Lipinski definition) is 0. The lowest BCUT2D eigenvalue weighted by molar-refractivity contribution is 0.378. The van der Waals surface area contributed by atoms with E-state index in [2.05, 4.69) is 98.0 Å². The van der Waals surface area contributed by atoms with Crippen LogP contribution in [0.3, 0.4) is 0 Å². The van der Waals surface area contributed by atoms with E-state index in [-0.39, 0.29) is 0 Å². The van der Waals surface area contributed by atoms with Crippen LogP contribution in [0.15, 0.2) is 91.0 Å². The Balaban J connectivity index is 0.000000289. The second kappa shape index (κ2) is 17.6. The van der Waals surface area contributed by atoms with Crippen molar-refractivity contribution >= 4 is 45.1 Å². The Bertz CT molecular complexity index is 2510. The van der Waals surface area contributed by atoms with Gasteiger partial charge in [0.25, 0.3) is 0 Å². The van der Waals surface area contributed by atoms with E-state index in [0.717, 1.165) is 0 Å². The van der Waals surface area contributed by atoms with Crippen molar-refractivity contribution in [1.82, 2.24) is 4.48 Å². The summed E-state index contributed by atoms with van der Waals surface area (Å²) in [5.41, 5.74) is -10.6. The third-order valence-electron chi connectivity index (χ3n) is 10.5. The van der Waals surface area contributed by atoms with E-state index < -0.39 is 144 Å². The zero-order chi connectivity index (χ0) is 48.2. The lowest BCUT2D eigenvalue weighted by Crippen LogP contribution is -2.81. The van der Waals surface area contributed by atoms with Gasteiger partial charge in [0.2, 0.25) is 0 Å². The fourth-order valence-electron chi connectivity index (χ4n) is 7.50. The highest BCUT2D eigenvalue weighted by Crippen LogP contribution is 2.41. The SMILES string of the molecule is C[N+](c1ccccc1)(c1ccccc1)c1ccccc1.Fc1c(F)c(F)c([B-](c2c(F)c(F)c(F)c(F)c2F)(c2c(F)c(F)c(F)c(F)c2F)c2c(F)c(F)c(F)c(F)c2F)c(F)c1F. The summed E-state index contributed by atoms with van der Waals surface area (Å²) in [6.45, 7) is 0. The van der Waals surface area contributed by atoms with Crippen LogP contribution in [0.2, 0.25) is 0 Å². The van der Waals surface area contributed by atoms with Crippen LogP contribution in [-0.4, -0.2) is 13.2 Å². The molecule has 0 saturated carbocycles. The minimum absolute atomic E-state index is 0.669. The van der Waals surface area contributed by atoms with E-state index >= 15 is 35.1 Å². The molecular weight excluding hydrogens is 921 g/mol. The normalized spacial score (nSPS) is 11.8. The molecule has 0 aliphatic heterocycles. The van der Waals surface area contributed by atoms with Crippen LogP contribution in [0, 0.1) is 116 Å². The summed E-state index contributed by atoms with van der Waals surface area (Å²) in [5, 5.41) is 0. The number of hydrogen-bond acceptors (Lipinski definition) is 0. The quantitative estimate of drug-likeness (QED) is 0.0491. The van der Waals surface area contributed by atoms with Gasteiger partial charge in [-0.15, -0.1) is 21.9 Å². The molecule has 0 fully saturated rings. The molecule has 0 atom stereocenters. The molecule has 22 heteroatoms. The van der Waals surface area contributed by atoms with Gasteiger partial charge in [-0.3, -0.25) is 0 Å². The van der Waals surface area contributed by atoms with Gasteiger partial charge >= 0.3 is 0 Å². The molecule has 0 aromatic heterocycles. The maximum absolute atomic E-state index is 15.4. The van der Waals surface area contributed by atoms with Gasteiger partial charge in [0.15, 0.2) is 69.8 Å². The van der Waals surface area contributed by atoms with Crippen molar-refractivity contribution in [1.29, 1.82) is 0 Å². The second-order valence-corrected chi connectivity index (χ2v) is 13.8. The van der Waals surface area contributed by atoms with Crippen LogP contribution in [0.1, 0.15) is 0 Å². The highest BCUT2D eigenvalue weighted by Gasteiger charge is 2.52. The van der Waals surface area contributed by atoms with E-state index in [9.17, 15) is 52.7 Å². The fraction of sp³-hybridized carbons (Fsp3) is 0.0233.